The van der Waals surface area contributed by atoms with E-state index in [2.05, 4.69) is 4.74 Å². The lowest BCUT2D eigenvalue weighted by Crippen LogP contribution is -1.55. The summed E-state index contributed by atoms with van der Waals surface area (Å²) in [6.45, 7) is 0. The standard InChI is InChI=1S/C4H4S.C2H6O/c1-2-4-5-3-1;1-3-2/h1-4H;1-2H3. The molecule has 0 atom stereocenters. The second-order valence-corrected chi connectivity index (χ2v) is 2.02. The van der Waals surface area contributed by atoms with Crippen LogP contribution in [0.5, 0.6) is 0 Å². The Kier molecular flexibility index (Phi) is 6.38. The van der Waals surface area contributed by atoms with Gasteiger partial charge in [-0.3, -0.25) is 0 Å². The minimum atomic E-state index is 1.62. The van der Waals surface area contributed by atoms with Gasteiger partial charge in [0.05, 0.1) is 0 Å². The summed E-state index contributed by atoms with van der Waals surface area (Å²) in [5.41, 5.74) is 0. The Morgan fingerprint density at radius 2 is 1.50 bits per heavy atom. The molecule has 1 heterocycles. The first-order chi connectivity index (χ1) is 3.91. The van der Waals surface area contributed by atoms with Crippen molar-refractivity contribution in [3.8, 4) is 0 Å². The zero-order valence-electron chi connectivity index (χ0n) is 5.13. The lowest BCUT2D eigenvalue weighted by atomic mass is 10.7. The van der Waals surface area contributed by atoms with Gasteiger partial charge in [0.1, 0.15) is 0 Å². The normalized spacial score (nSPS) is 7.25. The highest BCUT2D eigenvalue weighted by molar-refractivity contribution is 7.07. The van der Waals surface area contributed by atoms with Crippen LogP contribution in [0.3, 0.4) is 0 Å². The van der Waals surface area contributed by atoms with Crippen LogP contribution in [0.2, 0.25) is 0 Å². The van der Waals surface area contributed by atoms with Gasteiger partial charge in [-0.2, -0.15) is 11.3 Å². The Labute approximate surface area is 53.9 Å². The van der Waals surface area contributed by atoms with E-state index in [4.69, 9.17) is 0 Å². The number of rotatable bonds is 0. The molecular weight excluding hydrogens is 120 g/mol. The molecule has 2 heteroatoms. The molecule has 46 valence electrons. The van der Waals surface area contributed by atoms with Gasteiger partial charge in [-0.05, 0) is 10.8 Å². The van der Waals surface area contributed by atoms with Gasteiger partial charge in [0.2, 0.25) is 0 Å². The third-order valence-corrected chi connectivity index (χ3v) is 1.05. The van der Waals surface area contributed by atoms with Crippen molar-refractivity contribution < 1.29 is 4.74 Å². The van der Waals surface area contributed by atoms with Crippen LogP contribution in [-0.2, 0) is 4.74 Å². The van der Waals surface area contributed by atoms with Gasteiger partial charge in [-0.1, -0.05) is 12.1 Å². The highest BCUT2D eigenvalue weighted by atomic mass is 32.1. The minimum Gasteiger partial charge on any atom is -0.388 e. The van der Waals surface area contributed by atoms with E-state index in [0.29, 0.717) is 0 Å². The lowest BCUT2D eigenvalue weighted by Gasteiger charge is -1.61. The topological polar surface area (TPSA) is 9.23 Å². The SMILES string of the molecule is COC.c1ccsc1. The maximum Gasteiger partial charge on any atom is 0.0351 e. The maximum absolute atomic E-state index is 4.25. The molecule has 0 aromatic carbocycles. The van der Waals surface area contributed by atoms with Crippen molar-refractivity contribution in [1.82, 2.24) is 0 Å². The Bertz CT molecular complexity index is 75.4. The van der Waals surface area contributed by atoms with Crippen LogP contribution >= 0.6 is 11.3 Å². The van der Waals surface area contributed by atoms with Crippen LogP contribution in [0.15, 0.2) is 22.9 Å². The predicted octanol–water partition coefficient (Wildman–Crippen LogP) is 2.01. The zero-order chi connectivity index (χ0) is 6.24. The van der Waals surface area contributed by atoms with Gasteiger partial charge in [0.25, 0.3) is 0 Å². The average Bonchev–Trinajstić information content (AvgIpc) is 2.17. The van der Waals surface area contributed by atoms with Crippen molar-refractivity contribution in [2.24, 2.45) is 0 Å². The van der Waals surface area contributed by atoms with Crippen LogP contribution < -0.4 is 0 Å². The van der Waals surface area contributed by atoms with Gasteiger partial charge in [-0.25, -0.2) is 0 Å². The fourth-order valence-corrected chi connectivity index (χ4v) is 0.680. The molecule has 0 bridgehead atoms. The molecule has 0 aliphatic heterocycles. The molecule has 0 spiro atoms. The summed E-state index contributed by atoms with van der Waals surface area (Å²) in [4.78, 5) is 0. The van der Waals surface area contributed by atoms with E-state index in [1.807, 2.05) is 22.9 Å². The molecule has 0 fully saturated rings. The highest BCUT2D eigenvalue weighted by Crippen LogP contribution is 1.91. The summed E-state index contributed by atoms with van der Waals surface area (Å²) in [7, 11) is 3.25. The second kappa shape index (κ2) is 6.66. The molecule has 8 heavy (non-hydrogen) atoms. The monoisotopic (exact) mass is 130 g/mol. The second-order valence-electron chi connectivity index (χ2n) is 1.20. The number of hydrogen-bond donors (Lipinski definition) is 0. The van der Waals surface area contributed by atoms with Crippen LogP contribution in [0.4, 0.5) is 0 Å². The third kappa shape index (κ3) is 5.66. The van der Waals surface area contributed by atoms with E-state index in [-0.39, 0.29) is 0 Å². The van der Waals surface area contributed by atoms with Crippen LogP contribution in [0.1, 0.15) is 0 Å². The summed E-state index contributed by atoms with van der Waals surface area (Å²) < 4.78 is 4.25. The van der Waals surface area contributed by atoms with E-state index < -0.39 is 0 Å². The van der Waals surface area contributed by atoms with Crippen LogP contribution in [0.25, 0.3) is 0 Å². The first-order valence-corrected chi connectivity index (χ1v) is 3.23. The lowest BCUT2D eigenvalue weighted by molar-refractivity contribution is 0.277. The Morgan fingerprint density at radius 1 is 1.12 bits per heavy atom. The Morgan fingerprint density at radius 3 is 1.62 bits per heavy atom. The number of thiophene rings is 1. The molecule has 0 saturated heterocycles. The fraction of sp³-hybridized carbons (Fsp3) is 0.333. The quantitative estimate of drug-likeness (QED) is 0.522. The average molecular weight is 130 g/mol. The minimum absolute atomic E-state index is 1.62. The molecule has 0 radical (unpaired) electrons. The number of methoxy groups -OCH3 is 1. The molecule has 0 saturated carbocycles. The van der Waals surface area contributed by atoms with Crippen molar-refractivity contribution in [2.75, 3.05) is 14.2 Å². The van der Waals surface area contributed by atoms with Gasteiger partial charge in [0.15, 0.2) is 0 Å². The van der Waals surface area contributed by atoms with Gasteiger partial charge in [-0.15, -0.1) is 0 Å². The van der Waals surface area contributed by atoms with Crippen molar-refractivity contribution in [1.29, 1.82) is 0 Å². The van der Waals surface area contributed by atoms with Crippen LogP contribution in [-0.4, -0.2) is 14.2 Å². The Balaban J connectivity index is 0.000000145. The van der Waals surface area contributed by atoms with Crippen molar-refractivity contribution in [3.63, 3.8) is 0 Å². The number of hydrogen-bond acceptors (Lipinski definition) is 2. The maximum atomic E-state index is 4.25. The molecule has 1 aromatic heterocycles. The molecule has 1 aromatic rings. The number of ether oxygens (including phenoxy) is 1. The molecule has 1 nitrogen and oxygen atoms in total. The molecular formula is C6H10OS. The molecule has 0 aliphatic carbocycles. The van der Waals surface area contributed by atoms with E-state index >= 15 is 0 Å². The first kappa shape index (κ1) is 7.66. The highest BCUT2D eigenvalue weighted by Gasteiger charge is 1.58. The van der Waals surface area contributed by atoms with E-state index in [0.717, 1.165) is 0 Å². The van der Waals surface area contributed by atoms with E-state index in [9.17, 15) is 0 Å². The van der Waals surface area contributed by atoms with E-state index in [1.165, 1.54) is 0 Å². The van der Waals surface area contributed by atoms with Gasteiger partial charge in [0, 0.05) is 14.2 Å². The third-order valence-electron chi connectivity index (χ3n) is 0.425. The molecule has 0 unspecified atom stereocenters. The predicted molar refractivity (Wildman–Crippen MR) is 37.3 cm³/mol. The summed E-state index contributed by atoms with van der Waals surface area (Å²) in [5.74, 6) is 0. The summed E-state index contributed by atoms with van der Waals surface area (Å²) in [5, 5.41) is 4.08. The van der Waals surface area contributed by atoms with Crippen LogP contribution in [0, 0.1) is 0 Å². The summed E-state index contributed by atoms with van der Waals surface area (Å²) >= 11 is 1.71. The summed E-state index contributed by atoms with van der Waals surface area (Å²) in [6.07, 6.45) is 0. The molecule has 0 N–H and O–H groups in total. The Hall–Kier alpha value is -0.340. The zero-order valence-corrected chi connectivity index (χ0v) is 5.94. The molecule has 1 rings (SSSR count). The van der Waals surface area contributed by atoms with Gasteiger partial charge >= 0.3 is 0 Å². The van der Waals surface area contributed by atoms with E-state index in [1.54, 1.807) is 25.6 Å². The molecule has 0 amide bonds. The summed E-state index contributed by atoms with van der Waals surface area (Å²) in [6, 6.07) is 4.04. The van der Waals surface area contributed by atoms with Crippen molar-refractivity contribution in [3.05, 3.63) is 22.9 Å². The van der Waals surface area contributed by atoms with Crippen molar-refractivity contribution in [2.45, 2.75) is 0 Å². The fourth-order valence-electron chi connectivity index (χ4n) is 0.227. The first-order valence-electron chi connectivity index (χ1n) is 2.29. The van der Waals surface area contributed by atoms with Crippen molar-refractivity contribution >= 4 is 11.3 Å². The smallest absolute Gasteiger partial charge is 0.0351 e. The molecule has 0 aliphatic rings. The largest absolute Gasteiger partial charge is 0.388 e. The van der Waals surface area contributed by atoms with Gasteiger partial charge < -0.3 is 4.74 Å².